The molecule has 0 amide bonds. The zero-order chi connectivity index (χ0) is 12.9. The average Bonchev–Trinajstić information content (AvgIpc) is 2.26. The largest absolute Gasteiger partial charge is 0.374 e. The van der Waals surface area contributed by atoms with E-state index < -0.39 is 0 Å². The van der Waals surface area contributed by atoms with Crippen LogP contribution in [0.25, 0.3) is 0 Å². The molecule has 1 aromatic carbocycles. The number of nitrogens with zero attached hydrogens (tertiary/aromatic N) is 1. The standard InChI is InChI=1S/C15H26N2/c1-6-16-11-15(3,4)12-17(5)14-9-7-8-13(2)10-14/h7-10,16H,6,11-12H2,1-5H3. The zero-order valence-corrected chi connectivity index (χ0v) is 11.9. The van der Waals surface area contributed by atoms with Crippen LogP contribution >= 0.6 is 0 Å². The maximum Gasteiger partial charge on any atom is 0.0366 e. The van der Waals surface area contributed by atoms with Gasteiger partial charge in [-0.05, 0) is 36.6 Å². The third-order valence-corrected chi connectivity index (χ3v) is 2.96. The smallest absolute Gasteiger partial charge is 0.0366 e. The molecule has 0 aliphatic rings. The zero-order valence-electron chi connectivity index (χ0n) is 11.9. The van der Waals surface area contributed by atoms with Crippen molar-refractivity contribution >= 4 is 5.69 Å². The minimum atomic E-state index is 0.286. The molecule has 0 aromatic heterocycles. The van der Waals surface area contributed by atoms with Crippen LogP contribution in [0, 0.1) is 12.3 Å². The van der Waals surface area contributed by atoms with Gasteiger partial charge in [-0.2, -0.15) is 0 Å². The highest BCUT2D eigenvalue weighted by atomic mass is 15.1. The van der Waals surface area contributed by atoms with Crippen LogP contribution in [0.4, 0.5) is 5.69 Å². The monoisotopic (exact) mass is 234 g/mol. The lowest BCUT2D eigenvalue weighted by atomic mass is 9.92. The molecule has 1 N–H and O–H groups in total. The van der Waals surface area contributed by atoms with Crippen LogP contribution in [0.5, 0.6) is 0 Å². The van der Waals surface area contributed by atoms with Gasteiger partial charge in [-0.25, -0.2) is 0 Å². The predicted molar refractivity (Wildman–Crippen MR) is 76.8 cm³/mol. The molecule has 2 nitrogen and oxygen atoms in total. The number of anilines is 1. The molecule has 0 saturated heterocycles. The molecular weight excluding hydrogens is 208 g/mol. The van der Waals surface area contributed by atoms with Crippen molar-refractivity contribution in [1.82, 2.24) is 5.32 Å². The van der Waals surface area contributed by atoms with Gasteiger partial charge in [0.2, 0.25) is 0 Å². The Balaban J connectivity index is 2.62. The second-order valence-electron chi connectivity index (χ2n) is 5.64. The Bertz CT molecular complexity index is 345. The van der Waals surface area contributed by atoms with E-state index in [1.54, 1.807) is 0 Å². The van der Waals surface area contributed by atoms with E-state index in [1.165, 1.54) is 11.3 Å². The summed E-state index contributed by atoms with van der Waals surface area (Å²) in [6.07, 6.45) is 0. The highest BCUT2D eigenvalue weighted by molar-refractivity contribution is 5.47. The van der Waals surface area contributed by atoms with Gasteiger partial charge in [-0.3, -0.25) is 0 Å². The Morgan fingerprint density at radius 2 is 2.00 bits per heavy atom. The first-order chi connectivity index (χ1) is 7.94. The number of hydrogen-bond acceptors (Lipinski definition) is 2. The molecule has 0 radical (unpaired) electrons. The number of benzene rings is 1. The van der Waals surface area contributed by atoms with E-state index in [0.717, 1.165) is 19.6 Å². The van der Waals surface area contributed by atoms with Crippen LogP contribution in [-0.2, 0) is 0 Å². The minimum Gasteiger partial charge on any atom is -0.374 e. The van der Waals surface area contributed by atoms with Crippen LogP contribution < -0.4 is 10.2 Å². The summed E-state index contributed by atoms with van der Waals surface area (Å²) in [5.74, 6) is 0. The van der Waals surface area contributed by atoms with Crippen molar-refractivity contribution in [3.05, 3.63) is 29.8 Å². The summed E-state index contributed by atoms with van der Waals surface area (Å²) < 4.78 is 0. The van der Waals surface area contributed by atoms with Crippen molar-refractivity contribution in [2.45, 2.75) is 27.7 Å². The summed E-state index contributed by atoms with van der Waals surface area (Å²) in [6.45, 7) is 12.1. The van der Waals surface area contributed by atoms with E-state index in [1.807, 2.05) is 0 Å². The van der Waals surface area contributed by atoms with Crippen LogP contribution in [0.15, 0.2) is 24.3 Å². The van der Waals surface area contributed by atoms with Crippen LogP contribution in [0.1, 0.15) is 26.3 Å². The SMILES string of the molecule is CCNCC(C)(C)CN(C)c1cccc(C)c1. The fourth-order valence-corrected chi connectivity index (χ4v) is 2.12. The summed E-state index contributed by atoms with van der Waals surface area (Å²) in [7, 11) is 2.17. The summed E-state index contributed by atoms with van der Waals surface area (Å²) >= 11 is 0. The molecule has 0 atom stereocenters. The second-order valence-corrected chi connectivity index (χ2v) is 5.64. The maximum atomic E-state index is 3.43. The van der Waals surface area contributed by atoms with Crippen molar-refractivity contribution in [3.63, 3.8) is 0 Å². The number of hydrogen-bond donors (Lipinski definition) is 1. The number of aryl methyl sites for hydroxylation is 1. The van der Waals surface area contributed by atoms with Crippen molar-refractivity contribution < 1.29 is 0 Å². The van der Waals surface area contributed by atoms with Crippen LogP contribution in [-0.4, -0.2) is 26.7 Å². The molecule has 17 heavy (non-hydrogen) atoms. The van der Waals surface area contributed by atoms with Crippen LogP contribution in [0.3, 0.4) is 0 Å². The first-order valence-corrected chi connectivity index (χ1v) is 6.43. The number of nitrogens with one attached hydrogen (secondary N) is 1. The highest BCUT2D eigenvalue weighted by Crippen LogP contribution is 2.21. The van der Waals surface area contributed by atoms with Crippen molar-refractivity contribution in [1.29, 1.82) is 0 Å². The molecule has 0 aliphatic carbocycles. The first kappa shape index (κ1) is 14.0. The maximum absolute atomic E-state index is 3.43. The summed E-state index contributed by atoms with van der Waals surface area (Å²) in [5, 5.41) is 3.43. The van der Waals surface area contributed by atoms with Gasteiger partial charge < -0.3 is 10.2 Å². The van der Waals surface area contributed by atoms with E-state index >= 15 is 0 Å². The fourth-order valence-electron chi connectivity index (χ4n) is 2.12. The molecule has 0 fully saturated rings. The Morgan fingerprint density at radius 1 is 1.29 bits per heavy atom. The van der Waals surface area contributed by atoms with E-state index in [4.69, 9.17) is 0 Å². The second kappa shape index (κ2) is 6.06. The van der Waals surface area contributed by atoms with E-state index in [2.05, 4.69) is 69.2 Å². The summed E-state index contributed by atoms with van der Waals surface area (Å²) in [4.78, 5) is 2.34. The van der Waals surface area contributed by atoms with E-state index in [0.29, 0.717) is 0 Å². The fraction of sp³-hybridized carbons (Fsp3) is 0.600. The van der Waals surface area contributed by atoms with Crippen molar-refractivity contribution in [2.75, 3.05) is 31.6 Å². The van der Waals surface area contributed by atoms with Gasteiger partial charge in [0, 0.05) is 25.8 Å². The summed E-state index contributed by atoms with van der Waals surface area (Å²) in [5.41, 5.74) is 2.91. The third kappa shape index (κ3) is 4.78. The van der Waals surface area contributed by atoms with Gasteiger partial charge >= 0.3 is 0 Å². The van der Waals surface area contributed by atoms with Gasteiger partial charge in [-0.1, -0.05) is 32.9 Å². The molecule has 0 heterocycles. The molecule has 0 unspecified atom stereocenters. The van der Waals surface area contributed by atoms with Crippen molar-refractivity contribution in [2.24, 2.45) is 5.41 Å². The molecule has 96 valence electrons. The Morgan fingerprint density at radius 3 is 2.59 bits per heavy atom. The molecule has 0 saturated carbocycles. The molecule has 0 spiro atoms. The minimum absolute atomic E-state index is 0.286. The molecule has 1 aromatic rings. The lowest BCUT2D eigenvalue weighted by molar-refractivity contribution is 0.350. The predicted octanol–water partition coefficient (Wildman–Crippen LogP) is 3.07. The molecular formula is C15H26N2. The summed E-state index contributed by atoms with van der Waals surface area (Å²) in [6, 6.07) is 8.68. The average molecular weight is 234 g/mol. The lowest BCUT2D eigenvalue weighted by Crippen LogP contribution is -2.39. The van der Waals surface area contributed by atoms with E-state index in [9.17, 15) is 0 Å². The lowest BCUT2D eigenvalue weighted by Gasteiger charge is -2.32. The highest BCUT2D eigenvalue weighted by Gasteiger charge is 2.19. The van der Waals surface area contributed by atoms with Gasteiger partial charge in [0.15, 0.2) is 0 Å². The molecule has 0 bridgehead atoms. The van der Waals surface area contributed by atoms with Crippen molar-refractivity contribution in [3.8, 4) is 0 Å². The van der Waals surface area contributed by atoms with E-state index in [-0.39, 0.29) is 5.41 Å². The quantitative estimate of drug-likeness (QED) is 0.814. The van der Waals surface area contributed by atoms with Gasteiger partial charge in [0.1, 0.15) is 0 Å². The molecule has 2 heteroatoms. The normalized spacial score (nSPS) is 11.6. The Hall–Kier alpha value is -1.02. The first-order valence-electron chi connectivity index (χ1n) is 6.43. The topological polar surface area (TPSA) is 15.3 Å². The van der Waals surface area contributed by atoms with Crippen LogP contribution in [0.2, 0.25) is 0 Å². The van der Waals surface area contributed by atoms with Gasteiger partial charge in [0.05, 0.1) is 0 Å². The molecule has 0 aliphatic heterocycles. The Labute approximate surface area is 106 Å². The number of rotatable bonds is 6. The Kier molecular flexibility index (Phi) is 5.01. The third-order valence-electron chi connectivity index (χ3n) is 2.96. The molecule has 1 rings (SSSR count). The van der Waals surface area contributed by atoms with Gasteiger partial charge in [0.25, 0.3) is 0 Å². The van der Waals surface area contributed by atoms with Gasteiger partial charge in [-0.15, -0.1) is 0 Å².